The standard InChI is InChI=1S/C18H23NO2/c1-17(16(20)21)9-14-13-10-18(17,2)19(3)15(14)8-11-6-4-5-7-12(11)13/h4-7,13-15H,8-10H2,1-3H3,(H,20,21). The summed E-state index contributed by atoms with van der Waals surface area (Å²) in [6.07, 6.45) is 2.84. The van der Waals surface area contributed by atoms with Crippen molar-refractivity contribution in [1.29, 1.82) is 0 Å². The van der Waals surface area contributed by atoms with E-state index in [1.807, 2.05) is 6.92 Å². The summed E-state index contributed by atoms with van der Waals surface area (Å²) in [4.78, 5) is 14.3. The molecule has 3 heteroatoms. The highest BCUT2D eigenvalue weighted by Crippen LogP contribution is 2.63. The molecule has 2 saturated heterocycles. The fraction of sp³-hybridized carbons (Fsp3) is 0.611. The highest BCUT2D eigenvalue weighted by atomic mass is 16.4. The predicted molar refractivity (Wildman–Crippen MR) is 81.3 cm³/mol. The van der Waals surface area contributed by atoms with Crippen molar-refractivity contribution in [2.75, 3.05) is 7.05 Å². The van der Waals surface area contributed by atoms with Crippen LogP contribution in [0.25, 0.3) is 0 Å². The Morgan fingerprint density at radius 1 is 1.29 bits per heavy atom. The van der Waals surface area contributed by atoms with Crippen molar-refractivity contribution in [3.8, 4) is 0 Å². The van der Waals surface area contributed by atoms with Crippen LogP contribution in [0.2, 0.25) is 0 Å². The van der Waals surface area contributed by atoms with Gasteiger partial charge in [-0.3, -0.25) is 9.69 Å². The van der Waals surface area contributed by atoms with E-state index in [1.165, 1.54) is 11.1 Å². The Morgan fingerprint density at radius 2 is 2.00 bits per heavy atom. The topological polar surface area (TPSA) is 40.5 Å². The van der Waals surface area contributed by atoms with Crippen molar-refractivity contribution in [3.63, 3.8) is 0 Å². The second-order valence-corrected chi connectivity index (χ2v) is 7.67. The number of carboxylic acids is 1. The number of benzene rings is 1. The molecule has 0 spiro atoms. The second kappa shape index (κ2) is 3.89. The molecule has 0 radical (unpaired) electrons. The first-order chi connectivity index (χ1) is 9.88. The Balaban J connectivity index is 1.86. The summed E-state index contributed by atoms with van der Waals surface area (Å²) in [6.45, 7) is 4.13. The van der Waals surface area contributed by atoms with Gasteiger partial charge in [0.1, 0.15) is 0 Å². The summed E-state index contributed by atoms with van der Waals surface area (Å²) < 4.78 is 0. The molecular weight excluding hydrogens is 262 g/mol. The van der Waals surface area contributed by atoms with Crippen LogP contribution >= 0.6 is 0 Å². The molecule has 4 aliphatic rings. The maximum atomic E-state index is 12.0. The van der Waals surface area contributed by atoms with Crippen molar-refractivity contribution in [2.24, 2.45) is 11.3 Å². The van der Waals surface area contributed by atoms with E-state index in [0.717, 1.165) is 19.3 Å². The molecular formula is C18H23NO2. The van der Waals surface area contributed by atoms with E-state index < -0.39 is 11.4 Å². The number of fused-ring (bicyclic) bond motifs is 2. The largest absolute Gasteiger partial charge is 0.481 e. The lowest BCUT2D eigenvalue weighted by Crippen LogP contribution is -2.73. The Labute approximate surface area is 126 Å². The molecule has 2 aliphatic carbocycles. The van der Waals surface area contributed by atoms with Crippen LogP contribution in [-0.4, -0.2) is 34.6 Å². The lowest BCUT2D eigenvalue weighted by atomic mass is 9.47. The molecule has 2 heterocycles. The lowest BCUT2D eigenvalue weighted by Gasteiger charge is -2.67. The second-order valence-electron chi connectivity index (χ2n) is 7.67. The van der Waals surface area contributed by atoms with Gasteiger partial charge in [-0.05, 0) is 63.1 Å². The normalized spacial score (nSPS) is 44.4. The molecule has 1 aromatic carbocycles. The number of carbonyl (C=O) groups is 1. The van der Waals surface area contributed by atoms with E-state index in [1.54, 1.807) is 0 Å². The molecule has 5 atom stereocenters. The van der Waals surface area contributed by atoms with E-state index >= 15 is 0 Å². The maximum Gasteiger partial charge on any atom is 0.311 e. The third-order valence-corrected chi connectivity index (χ3v) is 7.09. The average molecular weight is 285 g/mol. The summed E-state index contributed by atoms with van der Waals surface area (Å²) >= 11 is 0. The number of hydrogen-bond donors (Lipinski definition) is 1. The molecule has 4 bridgehead atoms. The van der Waals surface area contributed by atoms with Crippen molar-refractivity contribution >= 4 is 5.97 Å². The third-order valence-electron chi connectivity index (χ3n) is 7.09. The van der Waals surface area contributed by atoms with Gasteiger partial charge in [0.05, 0.1) is 5.41 Å². The smallest absolute Gasteiger partial charge is 0.311 e. The molecule has 0 aromatic heterocycles. The fourth-order valence-corrected chi connectivity index (χ4v) is 5.48. The molecule has 1 aromatic rings. The zero-order valence-electron chi connectivity index (χ0n) is 13.0. The summed E-state index contributed by atoms with van der Waals surface area (Å²) in [6, 6.07) is 9.26. The van der Waals surface area contributed by atoms with E-state index in [2.05, 4.69) is 43.1 Å². The lowest BCUT2D eigenvalue weighted by molar-refractivity contribution is -0.191. The van der Waals surface area contributed by atoms with Gasteiger partial charge in [0.2, 0.25) is 0 Å². The average Bonchev–Trinajstić information content (AvgIpc) is 2.45. The van der Waals surface area contributed by atoms with Gasteiger partial charge in [-0.15, -0.1) is 0 Å². The first-order valence-corrected chi connectivity index (χ1v) is 7.92. The zero-order valence-corrected chi connectivity index (χ0v) is 13.0. The van der Waals surface area contributed by atoms with Crippen molar-refractivity contribution in [1.82, 2.24) is 4.90 Å². The number of nitrogens with zero attached hydrogens (tertiary/aromatic N) is 1. The highest BCUT2D eigenvalue weighted by molar-refractivity contribution is 5.77. The summed E-state index contributed by atoms with van der Waals surface area (Å²) in [7, 11) is 2.14. The molecule has 3 nitrogen and oxygen atoms in total. The van der Waals surface area contributed by atoms with Gasteiger partial charge in [0.25, 0.3) is 0 Å². The highest BCUT2D eigenvalue weighted by Gasteiger charge is 2.66. The first-order valence-electron chi connectivity index (χ1n) is 7.92. The molecule has 0 amide bonds. The van der Waals surface area contributed by atoms with Gasteiger partial charge in [-0.25, -0.2) is 0 Å². The van der Waals surface area contributed by atoms with E-state index in [-0.39, 0.29) is 5.54 Å². The van der Waals surface area contributed by atoms with Gasteiger partial charge < -0.3 is 5.11 Å². The van der Waals surface area contributed by atoms with Gasteiger partial charge in [0, 0.05) is 11.6 Å². The zero-order chi connectivity index (χ0) is 15.0. The minimum atomic E-state index is -0.633. The maximum absolute atomic E-state index is 12.0. The predicted octanol–water partition coefficient (Wildman–Crippen LogP) is 2.90. The Morgan fingerprint density at radius 3 is 2.71 bits per heavy atom. The SMILES string of the molecule is CN1C2Cc3ccccc3C3CC1(C)C(C)(C(=O)O)CC32. The summed E-state index contributed by atoms with van der Waals surface area (Å²) in [5.41, 5.74) is 2.06. The van der Waals surface area contributed by atoms with Crippen LogP contribution in [-0.2, 0) is 11.2 Å². The van der Waals surface area contributed by atoms with Crippen LogP contribution in [0.3, 0.4) is 0 Å². The van der Waals surface area contributed by atoms with Crippen LogP contribution in [0.15, 0.2) is 24.3 Å². The van der Waals surface area contributed by atoms with Crippen LogP contribution in [0.4, 0.5) is 0 Å². The van der Waals surface area contributed by atoms with Gasteiger partial charge in [0.15, 0.2) is 0 Å². The van der Waals surface area contributed by atoms with Gasteiger partial charge >= 0.3 is 5.97 Å². The van der Waals surface area contributed by atoms with Crippen LogP contribution in [0.5, 0.6) is 0 Å². The van der Waals surface area contributed by atoms with Crippen molar-refractivity contribution in [3.05, 3.63) is 35.4 Å². The summed E-state index contributed by atoms with van der Waals surface area (Å²) in [5.74, 6) is 0.383. The van der Waals surface area contributed by atoms with E-state index in [9.17, 15) is 9.90 Å². The van der Waals surface area contributed by atoms with Crippen LogP contribution in [0, 0.1) is 11.3 Å². The van der Waals surface area contributed by atoms with E-state index in [0.29, 0.717) is 17.9 Å². The minimum Gasteiger partial charge on any atom is -0.481 e. The number of rotatable bonds is 1. The molecule has 5 unspecified atom stereocenters. The fourth-order valence-electron chi connectivity index (χ4n) is 5.48. The van der Waals surface area contributed by atoms with Gasteiger partial charge in [-0.2, -0.15) is 0 Å². The Kier molecular flexibility index (Phi) is 2.47. The van der Waals surface area contributed by atoms with Gasteiger partial charge in [-0.1, -0.05) is 24.3 Å². The third kappa shape index (κ3) is 1.41. The van der Waals surface area contributed by atoms with Crippen molar-refractivity contribution < 1.29 is 9.90 Å². The number of carboxylic acid groups (broad SMARTS) is 1. The number of hydrogen-bond acceptors (Lipinski definition) is 2. The molecule has 1 saturated carbocycles. The summed E-state index contributed by atoms with van der Waals surface area (Å²) in [5, 5.41) is 9.83. The molecule has 112 valence electrons. The van der Waals surface area contributed by atoms with Crippen LogP contribution < -0.4 is 0 Å². The van der Waals surface area contributed by atoms with E-state index in [4.69, 9.17) is 0 Å². The Bertz CT molecular complexity index is 627. The first kappa shape index (κ1) is 13.3. The number of aliphatic carboxylic acids is 1. The molecule has 21 heavy (non-hydrogen) atoms. The number of likely N-dealkylation sites (N-methyl/N-ethyl adjacent to an activating group) is 1. The molecule has 2 aliphatic heterocycles. The molecule has 5 rings (SSSR count). The molecule has 3 fully saturated rings. The van der Waals surface area contributed by atoms with Crippen molar-refractivity contribution in [2.45, 2.75) is 50.6 Å². The quantitative estimate of drug-likeness (QED) is 0.862. The Hall–Kier alpha value is -1.35. The minimum absolute atomic E-state index is 0.254. The monoisotopic (exact) mass is 285 g/mol. The number of piperidine rings is 2. The van der Waals surface area contributed by atoms with Crippen LogP contribution in [0.1, 0.15) is 43.7 Å². The molecule has 1 N–H and O–H groups in total.